The molecule has 2 nitrogen and oxygen atoms in total. The zero-order valence-electron chi connectivity index (χ0n) is 12.4. The Balaban J connectivity index is 2.10. The van der Waals surface area contributed by atoms with Crippen molar-refractivity contribution in [3.8, 4) is 11.5 Å². The van der Waals surface area contributed by atoms with E-state index in [9.17, 15) is 0 Å². The Labute approximate surface area is 139 Å². The van der Waals surface area contributed by atoms with Crippen LogP contribution < -0.4 is 10.1 Å². The second kappa shape index (κ2) is 7.30. The fourth-order valence-electron chi connectivity index (χ4n) is 1.87. The van der Waals surface area contributed by atoms with Gasteiger partial charge in [-0.1, -0.05) is 47.4 Å². The molecular weight excluding hydrogens is 350 g/mol. The molecule has 0 spiro atoms. The van der Waals surface area contributed by atoms with Gasteiger partial charge in [0.05, 0.1) is 0 Å². The lowest BCUT2D eigenvalue weighted by atomic mass is 10.2. The van der Waals surface area contributed by atoms with Gasteiger partial charge in [-0.3, -0.25) is 0 Å². The van der Waals surface area contributed by atoms with Crippen molar-refractivity contribution in [3.63, 3.8) is 0 Å². The normalized spacial score (nSPS) is 11.0. The standard InChI is InChI=1S/C17H19BrClNO/c1-11(2)20-10-13-4-5-15(9-16(13)18)21-14-6-7-17(19)12(3)8-14/h4-9,11,20H,10H2,1-3H3. The maximum atomic E-state index is 6.02. The number of hydrogen-bond donors (Lipinski definition) is 1. The van der Waals surface area contributed by atoms with E-state index in [0.29, 0.717) is 6.04 Å². The van der Waals surface area contributed by atoms with Crippen LogP contribution in [0, 0.1) is 6.92 Å². The van der Waals surface area contributed by atoms with Crippen LogP contribution in [0.5, 0.6) is 11.5 Å². The van der Waals surface area contributed by atoms with Crippen LogP contribution in [0.4, 0.5) is 0 Å². The van der Waals surface area contributed by atoms with Crippen molar-refractivity contribution in [3.05, 3.63) is 57.0 Å². The summed E-state index contributed by atoms with van der Waals surface area (Å²) in [5.74, 6) is 1.59. The van der Waals surface area contributed by atoms with E-state index in [4.69, 9.17) is 16.3 Å². The van der Waals surface area contributed by atoms with E-state index in [1.165, 1.54) is 5.56 Å². The van der Waals surface area contributed by atoms with Gasteiger partial charge in [-0.25, -0.2) is 0 Å². The largest absolute Gasteiger partial charge is 0.457 e. The van der Waals surface area contributed by atoms with Crippen LogP contribution in [0.2, 0.25) is 5.02 Å². The van der Waals surface area contributed by atoms with Crippen molar-refractivity contribution in [2.75, 3.05) is 0 Å². The minimum Gasteiger partial charge on any atom is -0.457 e. The second-order valence-corrected chi connectivity index (χ2v) is 6.56. The maximum absolute atomic E-state index is 6.02. The van der Waals surface area contributed by atoms with Crippen molar-refractivity contribution in [2.45, 2.75) is 33.4 Å². The van der Waals surface area contributed by atoms with Gasteiger partial charge >= 0.3 is 0 Å². The summed E-state index contributed by atoms with van der Waals surface area (Å²) in [5, 5.41) is 4.15. The first-order valence-corrected chi connectivity index (χ1v) is 8.08. The van der Waals surface area contributed by atoms with E-state index in [0.717, 1.165) is 33.1 Å². The fourth-order valence-corrected chi connectivity index (χ4v) is 2.48. The lowest BCUT2D eigenvalue weighted by molar-refractivity contribution is 0.481. The number of nitrogens with one attached hydrogen (secondary N) is 1. The zero-order valence-corrected chi connectivity index (χ0v) is 14.8. The molecule has 21 heavy (non-hydrogen) atoms. The minimum atomic E-state index is 0.463. The molecule has 0 aromatic heterocycles. The lowest BCUT2D eigenvalue weighted by Gasteiger charge is -2.12. The molecule has 0 aliphatic rings. The van der Waals surface area contributed by atoms with Crippen LogP contribution in [-0.2, 0) is 6.54 Å². The molecule has 0 unspecified atom stereocenters. The molecule has 0 bridgehead atoms. The molecule has 0 fully saturated rings. The van der Waals surface area contributed by atoms with Gasteiger partial charge in [-0.2, -0.15) is 0 Å². The van der Waals surface area contributed by atoms with E-state index >= 15 is 0 Å². The zero-order chi connectivity index (χ0) is 15.4. The van der Waals surface area contributed by atoms with Crippen molar-refractivity contribution in [1.82, 2.24) is 5.32 Å². The molecule has 0 amide bonds. The predicted molar refractivity (Wildman–Crippen MR) is 92.4 cm³/mol. The van der Waals surface area contributed by atoms with Crippen LogP contribution in [-0.4, -0.2) is 6.04 Å². The molecule has 2 rings (SSSR count). The highest BCUT2D eigenvalue weighted by Crippen LogP contribution is 2.29. The lowest BCUT2D eigenvalue weighted by Crippen LogP contribution is -2.21. The molecular formula is C17H19BrClNO. The first-order valence-electron chi connectivity index (χ1n) is 6.91. The highest BCUT2D eigenvalue weighted by atomic mass is 79.9. The summed E-state index contributed by atoms with van der Waals surface area (Å²) in [6.45, 7) is 7.06. The third-order valence-corrected chi connectivity index (χ3v) is 4.25. The van der Waals surface area contributed by atoms with Crippen LogP contribution >= 0.6 is 27.5 Å². The molecule has 0 heterocycles. The van der Waals surface area contributed by atoms with Crippen LogP contribution in [0.15, 0.2) is 40.9 Å². The predicted octanol–water partition coefficient (Wildman–Crippen LogP) is 5.70. The average molecular weight is 369 g/mol. The van der Waals surface area contributed by atoms with E-state index in [1.807, 2.05) is 37.3 Å². The van der Waals surface area contributed by atoms with Gasteiger partial charge in [-0.05, 0) is 48.4 Å². The molecule has 0 radical (unpaired) electrons. The van der Waals surface area contributed by atoms with Crippen LogP contribution in [0.25, 0.3) is 0 Å². The SMILES string of the molecule is Cc1cc(Oc2ccc(CNC(C)C)c(Br)c2)ccc1Cl. The number of ether oxygens (including phenoxy) is 1. The van der Waals surface area contributed by atoms with Gasteiger partial charge in [0.15, 0.2) is 0 Å². The Bertz CT molecular complexity index is 628. The highest BCUT2D eigenvalue weighted by molar-refractivity contribution is 9.10. The van der Waals surface area contributed by atoms with Gasteiger partial charge in [0.25, 0.3) is 0 Å². The van der Waals surface area contributed by atoms with Gasteiger partial charge in [0.2, 0.25) is 0 Å². The molecule has 0 saturated carbocycles. The Hall–Kier alpha value is -1.03. The highest BCUT2D eigenvalue weighted by Gasteiger charge is 2.05. The molecule has 0 aliphatic carbocycles. The molecule has 112 valence electrons. The van der Waals surface area contributed by atoms with E-state index in [1.54, 1.807) is 0 Å². The smallest absolute Gasteiger partial charge is 0.128 e. The quantitative estimate of drug-likeness (QED) is 0.730. The van der Waals surface area contributed by atoms with Crippen LogP contribution in [0.3, 0.4) is 0 Å². The van der Waals surface area contributed by atoms with Gasteiger partial charge in [-0.15, -0.1) is 0 Å². The molecule has 4 heteroatoms. The summed E-state index contributed by atoms with van der Waals surface area (Å²) in [6, 6.07) is 12.2. The van der Waals surface area contributed by atoms with E-state index in [-0.39, 0.29) is 0 Å². The Morgan fingerprint density at radius 2 is 1.81 bits per heavy atom. The first-order chi connectivity index (χ1) is 9.95. The third kappa shape index (κ3) is 4.73. The van der Waals surface area contributed by atoms with Gasteiger partial charge in [0.1, 0.15) is 11.5 Å². The third-order valence-electron chi connectivity index (χ3n) is 3.09. The first kappa shape index (κ1) is 16.3. The summed E-state index contributed by atoms with van der Waals surface area (Å²) < 4.78 is 6.91. The van der Waals surface area contributed by atoms with Crippen molar-refractivity contribution in [1.29, 1.82) is 0 Å². The van der Waals surface area contributed by atoms with Gasteiger partial charge < -0.3 is 10.1 Å². The number of aryl methyl sites for hydroxylation is 1. The van der Waals surface area contributed by atoms with E-state index < -0.39 is 0 Å². The summed E-state index contributed by atoms with van der Waals surface area (Å²) in [4.78, 5) is 0. The summed E-state index contributed by atoms with van der Waals surface area (Å²) in [5.41, 5.74) is 2.22. The summed E-state index contributed by atoms with van der Waals surface area (Å²) in [7, 11) is 0. The molecule has 2 aromatic carbocycles. The van der Waals surface area contributed by atoms with Crippen LogP contribution in [0.1, 0.15) is 25.0 Å². The number of halogens is 2. The molecule has 0 aliphatic heterocycles. The molecule has 0 saturated heterocycles. The molecule has 1 N–H and O–H groups in total. The van der Waals surface area contributed by atoms with Crippen molar-refractivity contribution in [2.24, 2.45) is 0 Å². The average Bonchev–Trinajstić information content (AvgIpc) is 2.42. The second-order valence-electron chi connectivity index (χ2n) is 5.30. The monoisotopic (exact) mass is 367 g/mol. The topological polar surface area (TPSA) is 21.3 Å². The number of hydrogen-bond acceptors (Lipinski definition) is 2. The molecule has 0 atom stereocenters. The number of benzene rings is 2. The van der Waals surface area contributed by atoms with E-state index in [2.05, 4.69) is 41.2 Å². The minimum absolute atomic E-state index is 0.463. The maximum Gasteiger partial charge on any atom is 0.128 e. The fraction of sp³-hybridized carbons (Fsp3) is 0.294. The Kier molecular flexibility index (Phi) is 5.68. The van der Waals surface area contributed by atoms with Gasteiger partial charge in [0, 0.05) is 22.1 Å². The Morgan fingerprint density at radius 1 is 1.14 bits per heavy atom. The summed E-state index contributed by atoms with van der Waals surface area (Å²) >= 11 is 9.62. The van der Waals surface area contributed by atoms with Crippen molar-refractivity contribution < 1.29 is 4.74 Å². The molecule has 2 aromatic rings. The number of rotatable bonds is 5. The summed E-state index contributed by atoms with van der Waals surface area (Å²) in [6.07, 6.45) is 0. The van der Waals surface area contributed by atoms with Crippen molar-refractivity contribution >= 4 is 27.5 Å². The Morgan fingerprint density at radius 3 is 2.43 bits per heavy atom.